The minimum Gasteiger partial charge on any atom is -0.317 e. The Morgan fingerprint density at radius 2 is 1.93 bits per heavy atom. The average Bonchev–Trinajstić information content (AvgIpc) is 3.40. The molecule has 6 heteroatoms. The fourth-order valence-corrected chi connectivity index (χ4v) is 4.60. The lowest BCUT2D eigenvalue weighted by molar-refractivity contribution is -0.123. The van der Waals surface area contributed by atoms with Crippen molar-refractivity contribution in [3.63, 3.8) is 0 Å². The number of nitrogens with one attached hydrogen (secondary N) is 2. The molecule has 0 radical (unpaired) electrons. The van der Waals surface area contributed by atoms with Gasteiger partial charge in [0.25, 0.3) is 0 Å². The van der Waals surface area contributed by atoms with Crippen molar-refractivity contribution in [3.8, 4) is 11.3 Å². The highest BCUT2D eigenvalue weighted by Gasteiger charge is 2.36. The molecule has 4 rings (SSSR count). The number of anilines is 1. The maximum Gasteiger partial charge on any atom is 0.244 e. The number of rotatable bonds is 6. The smallest absolute Gasteiger partial charge is 0.244 e. The first-order valence-corrected chi connectivity index (χ1v) is 10.6. The average molecular weight is 382 g/mol. The quantitative estimate of drug-likeness (QED) is 0.808. The zero-order valence-electron chi connectivity index (χ0n) is 16.7. The Morgan fingerprint density at radius 3 is 2.61 bits per heavy atom. The van der Waals surface area contributed by atoms with E-state index < -0.39 is 0 Å². The van der Waals surface area contributed by atoms with Gasteiger partial charge in [-0.05, 0) is 25.7 Å². The fourth-order valence-electron chi connectivity index (χ4n) is 4.60. The van der Waals surface area contributed by atoms with E-state index in [4.69, 9.17) is 4.98 Å². The molecule has 1 atom stereocenters. The number of benzene rings is 1. The van der Waals surface area contributed by atoms with Crippen LogP contribution in [0.2, 0.25) is 0 Å². The summed E-state index contributed by atoms with van der Waals surface area (Å²) in [4.78, 5) is 20.5. The van der Waals surface area contributed by atoms with Gasteiger partial charge in [0.05, 0.1) is 11.7 Å². The number of aryl methyl sites for hydroxylation is 1. The van der Waals surface area contributed by atoms with Crippen molar-refractivity contribution in [1.82, 2.24) is 19.8 Å². The first-order valence-electron chi connectivity index (χ1n) is 10.6. The molecular weight excluding hydrogens is 350 g/mol. The van der Waals surface area contributed by atoms with Gasteiger partial charge < -0.3 is 9.88 Å². The predicted octanol–water partition coefficient (Wildman–Crippen LogP) is 2.97. The van der Waals surface area contributed by atoms with Gasteiger partial charge in [0, 0.05) is 44.5 Å². The zero-order valence-corrected chi connectivity index (χ0v) is 16.7. The minimum absolute atomic E-state index is 0.0493. The van der Waals surface area contributed by atoms with Crippen LogP contribution < -0.4 is 10.6 Å². The monoisotopic (exact) mass is 381 g/mol. The lowest BCUT2D eigenvalue weighted by Crippen LogP contribution is -2.55. The molecule has 150 valence electrons. The summed E-state index contributed by atoms with van der Waals surface area (Å²) in [5.74, 6) is 1.22. The number of carbonyl (C=O) groups excluding carboxylic acids is 1. The van der Waals surface area contributed by atoms with Crippen LogP contribution in [0.3, 0.4) is 0 Å². The van der Waals surface area contributed by atoms with Crippen LogP contribution in [-0.2, 0) is 11.3 Å². The highest BCUT2D eigenvalue weighted by molar-refractivity contribution is 5.94. The van der Waals surface area contributed by atoms with Crippen molar-refractivity contribution in [2.45, 2.75) is 45.2 Å². The second-order valence-corrected chi connectivity index (χ2v) is 7.87. The molecule has 1 amide bonds. The molecule has 1 saturated heterocycles. The van der Waals surface area contributed by atoms with Crippen LogP contribution in [0.4, 0.5) is 5.95 Å². The summed E-state index contributed by atoms with van der Waals surface area (Å²) >= 11 is 0. The number of amides is 1. The van der Waals surface area contributed by atoms with Gasteiger partial charge in [-0.2, -0.15) is 0 Å². The third-order valence-corrected chi connectivity index (χ3v) is 6.08. The van der Waals surface area contributed by atoms with E-state index in [-0.39, 0.29) is 11.9 Å². The summed E-state index contributed by atoms with van der Waals surface area (Å²) in [7, 11) is 0. The first kappa shape index (κ1) is 19.2. The Kier molecular flexibility index (Phi) is 6.07. The Morgan fingerprint density at radius 1 is 1.21 bits per heavy atom. The van der Waals surface area contributed by atoms with Crippen LogP contribution in [0.5, 0.6) is 0 Å². The van der Waals surface area contributed by atoms with E-state index in [1.165, 1.54) is 12.8 Å². The summed E-state index contributed by atoms with van der Waals surface area (Å²) in [6.07, 6.45) is 6.81. The van der Waals surface area contributed by atoms with E-state index in [1.54, 1.807) is 0 Å². The van der Waals surface area contributed by atoms with Crippen LogP contribution in [0.15, 0.2) is 36.5 Å². The Labute approximate surface area is 167 Å². The molecule has 2 N–H and O–H groups in total. The van der Waals surface area contributed by atoms with Gasteiger partial charge in [0.1, 0.15) is 0 Å². The number of nitrogens with zero attached hydrogens (tertiary/aromatic N) is 3. The largest absolute Gasteiger partial charge is 0.317 e. The minimum atomic E-state index is -0.0493. The number of imidazole rings is 1. The number of hydrogen-bond donors (Lipinski definition) is 2. The van der Waals surface area contributed by atoms with Gasteiger partial charge in [-0.15, -0.1) is 0 Å². The lowest BCUT2D eigenvalue weighted by atomic mass is 9.95. The van der Waals surface area contributed by atoms with Gasteiger partial charge in [0.15, 0.2) is 0 Å². The highest BCUT2D eigenvalue weighted by atomic mass is 16.2. The third kappa shape index (κ3) is 4.13. The van der Waals surface area contributed by atoms with Crippen molar-refractivity contribution < 1.29 is 4.79 Å². The molecule has 2 fully saturated rings. The molecular formula is C22H31N5O. The van der Waals surface area contributed by atoms with Gasteiger partial charge in [-0.3, -0.25) is 15.0 Å². The standard InChI is InChI=1S/C22H31N5O/c1-2-26-16-19(17-8-4-3-5-9-17)24-22(26)25-21(28)20(18-10-6-7-11-18)27-14-12-23-13-15-27/h3-5,8-9,16,18,20,23H,2,6-7,10-15H2,1H3,(H,24,25,28). The van der Waals surface area contributed by atoms with Gasteiger partial charge in [0.2, 0.25) is 11.9 Å². The summed E-state index contributed by atoms with van der Waals surface area (Å²) in [5.41, 5.74) is 1.97. The second-order valence-electron chi connectivity index (χ2n) is 7.87. The van der Waals surface area contributed by atoms with Crippen molar-refractivity contribution in [2.24, 2.45) is 5.92 Å². The molecule has 1 aliphatic heterocycles. The van der Waals surface area contributed by atoms with Crippen molar-refractivity contribution in [1.29, 1.82) is 0 Å². The normalized spacial score (nSPS) is 19.6. The third-order valence-electron chi connectivity index (χ3n) is 6.08. The van der Waals surface area contributed by atoms with Gasteiger partial charge in [-0.1, -0.05) is 43.2 Å². The highest BCUT2D eigenvalue weighted by Crippen LogP contribution is 2.31. The molecule has 0 spiro atoms. The molecule has 1 aromatic heterocycles. The second kappa shape index (κ2) is 8.88. The van der Waals surface area contributed by atoms with E-state index in [1.807, 2.05) is 29.0 Å². The number of piperazine rings is 1. The number of hydrogen-bond acceptors (Lipinski definition) is 4. The molecule has 2 aliphatic rings. The van der Waals surface area contributed by atoms with Gasteiger partial charge in [-0.25, -0.2) is 4.98 Å². The molecule has 28 heavy (non-hydrogen) atoms. The van der Waals surface area contributed by atoms with Crippen molar-refractivity contribution >= 4 is 11.9 Å². The Balaban J connectivity index is 1.55. The van der Waals surface area contributed by atoms with E-state index >= 15 is 0 Å². The number of aromatic nitrogens is 2. The van der Waals surface area contributed by atoms with Crippen molar-refractivity contribution in [2.75, 3.05) is 31.5 Å². The lowest BCUT2D eigenvalue weighted by Gasteiger charge is -2.37. The molecule has 1 unspecified atom stereocenters. The fraction of sp³-hybridized carbons (Fsp3) is 0.545. The van der Waals surface area contributed by atoms with E-state index in [2.05, 4.69) is 34.6 Å². The van der Waals surface area contributed by atoms with Crippen LogP contribution in [-0.4, -0.2) is 52.6 Å². The molecule has 6 nitrogen and oxygen atoms in total. The van der Waals surface area contributed by atoms with Crippen molar-refractivity contribution in [3.05, 3.63) is 36.5 Å². The number of carbonyl (C=O) groups is 1. The van der Waals surface area contributed by atoms with E-state index in [9.17, 15) is 4.79 Å². The van der Waals surface area contributed by atoms with Gasteiger partial charge >= 0.3 is 0 Å². The summed E-state index contributed by atoms with van der Waals surface area (Å²) in [5, 5.41) is 6.58. The molecule has 1 aliphatic carbocycles. The SMILES string of the molecule is CCn1cc(-c2ccccc2)nc1NC(=O)C(C1CCCC1)N1CCNCC1. The zero-order chi connectivity index (χ0) is 19.3. The first-order chi connectivity index (χ1) is 13.8. The van der Waals surface area contributed by atoms with Crippen LogP contribution in [0.25, 0.3) is 11.3 Å². The maximum absolute atomic E-state index is 13.4. The topological polar surface area (TPSA) is 62.2 Å². The van der Waals surface area contributed by atoms with Crippen LogP contribution in [0.1, 0.15) is 32.6 Å². The summed E-state index contributed by atoms with van der Waals surface area (Å²) in [6, 6.07) is 10.1. The Bertz CT molecular complexity index is 775. The molecule has 2 heterocycles. The van der Waals surface area contributed by atoms with E-state index in [0.29, 0.717) is 11.9 Å². The summed E-state index contributed by atoms with van der Waals surface area (Å²) < 4.78 is 2.03. The maximum atomic E-state index is 13.4. The molecule has 1 saturated carbocycles. The predicted molar refractivity (Wildman–Crippen MR) is 112 cm³/mol. The molecule has 0 bridgehead atoms. The summed E-state index contributed by atoms with van der Waals surface area (Å²) in [6.45, 7) is 6.64. The molecule has 2 aromatic rings. The van der Waals surface area contributed by atoms with Crippen LogP contribution >= 0.6 is 0 Å². The van der Waals surface area contributed by atoms with Crippen LogP contribution in [0, 0.1) is 5.92 Å². The van der Waals surface area contributed by atoms with E-state index in [0.717, 1.165) is 56.8 Å². The Hall–Kier alpha value is -2.18. The molecule has 1 aromatic carbocycles.